The van der Waals surface area contributed by atoms with E-state index in [1.54, 1.807) is 12.1 Å². The van der Waals surface area contributed by atoms with Crippen LogP contribution in [0, 0.1) is 5.82 Å². The second-order valence-corrected chi connectivity index (χ2v) is 4.95. The molecule has 0 aliphatic carbocycles. The summed E-state index contributed by atoms with van der Waals surface area (Å²) in [7, 11) is 0. The Morgan fingerprint density at radius 2 is 2.00 bits per heavy atom. The average Bonchev–Trinajstić information content (AvgIpc) is 2.85. The Hall–Kier alpha value is -1.74. The zero-order chi connectivity index (χ0) is 13.2. The minimum atomic E-state index is -0.238. The van der Waals surface area contributed by atoms with Gasteiger partial charge in [-0.2, -0.15) is 0 Å². The molecule has 1 heterocycles. The van der Waals surface area contributed by atoms with Gasteiger partial charge in [0.05, 0.1) is 6.61 Å². The summed E-state index contributed by atoms with van der Waals surface area (Å²) in [4.78, 5) is 0. The van der Waals surface area contributed by atoms with Crippen LogP contribution in [0.25, 0.3) is 0 Å². The van der Waals surface area contributed by atoms with Gasteiger partial charge in [-0.3, -0.25) is 0 Å². The van der Waals surface area contributed by atoms with Crippen molar-refractivity contribution in [3.63, 3.8) is 0 Å². The van der Waals surface area contributed by atoms with Crippen LogP contribution in [-0.4, -0.2) is 6.61 Å². The van der Waals surface area contributed by atoms with Gasteiger partial charge in [-0.15, -0.1) is 0 Å². The van der Waals surface area contributed by atoms with Gasteiger partial charge in [-0.25, -0.2) is 4.39 Å². The predicted molar refractivity (Wildman–Crippen MR) is 74.4 cm³/mol. The van der Waals surface area contributed by atoms with Gasteiger partial charge in [0.25, 0.3) is 0 Å². The highest BCUT2D eigenvalue weighted by Gasteiger charge is 2.17. The molecule has 2 nitrogen and oxygen atoms in total. The van der Waals surface area contributed by atoms with Crippen molar-refractivity contribution in [2.45, 2.75) is 13.0 Å². The van der Waals surface area contributed by atoms with Crippen LogP contribution in [0.1, 0.15) is 11.1 Å². The summed E-state index contributed by atoms with van der Waals surface area (Å²) in [6.07, 6.45) is 0.902. The van der Waals surface area contributed by atoms with Gasteiger partial charge in [-0.1, -0.05) is 11.6 Å². The monoisotopic (exact) mass is 277 g/mol. The van der Waals surface area contributed by atoms with Crippen molar-refractivity contribution in [2.24, 2.45) is 0 Å². The average molecular weight is 278 g/mol. The first-order valence-electron chi connectivity index (χ1n) is 6.16. The number of benzene rings is 2. The summed E-state index contributed by atoms with van der Waals surface area (Å²) in [6.45, 7) is 1.31. The molecule has 0 saturated carbocycles. The van der Waals surface area contributed by atoms with Crippen molar-refractivity contribution in [3.8, 4) is 5.75 Å². The lowest BCUT2D eigenvalue weighted by molar-refractivity contribution is 0.354. The lowest BCUT2D eigenvalue weighted by Gasteiger charge is -2.11. The summed E-state index contributed by atoms with van der Waals surface area (Å²) in [5.41, 5.74) is 3.06. The molecule has 0 aromatic heterocycles. The second kappa shape index (κ2) is 5.10. The molecule has 1 aliphatic rings. The number of halogens is 2. The van der Waals surface area contributed by atoms with Crippen molar-refractivity contribution in [2.75, 3.05) is 11.9 Å². The highest BCUT2D eigenvalue weighted by Crippen LogP contribution is 2.33. The summed E-state index contributed by atoms with van der Waals surface area (Å²) in [5.74, 6) is 0.691. The topological polar surface area (TPSA) is 21.3 Å². The lowest BCUT2D eigenvalue weighted by atomic mass is 10.1. The minimum Gasteiger partial charge on any atom is -0.493 e. The Bertz CT molecular complexity index is 598. The number of hydrogen-bond donors (Lipinski definition) is 1. The summed E-state index contributed by atoms with van der Waals surface area (Å²) >= 11 is 6.10. The SMILES string of the molecule is Fc1ccc(NCc2cc(Cl)cc3c2OCC3)cc1. The van der Waals surface area contributed by atoms with Gasteiger partial charge < -0.3 is 10.1 Å². The van der Waals surface area contributed by atoms with Gasteiger partial charge in [-0.05, 0) is 42.0 Å². The van der Waals surface area contributed by atoms with E-state index in [9.17, 15) is 4.39 Å². The van der Waals surface area contributed by atoms with Crippen molar-refractivity contribution in [3.05, 3.63) is 58.4 Å². The predicted octanol–water partition coefficient (Wildman–Crippen LogP) is 4.03. The smallest absolute Gasteiger partial charge is 0.127 e. The minimum absolute atomic E-state index is 0.238. The summed E-state index contributed by atoms with van der Waals surface area (Å²) in [5, 5.41) is 3.96. The third-order valence-electron chi connectivity index (χ3n) is 3.15. The molecule has 98 valence electrons. The third-order valence-corrected chi connectivity index (χ3v) is 3.37. The first-order valence-corrected chi connectivity index (χ1v) is 6.54. The molecule has 19 heavy (non-hydrogen) atoms. The molecular formula is C15H13ClFNO. The molecule has 0 saturated heterocycles. The van der Waals surface area contributed by atoms with Crippen LogP contribution < -0.4 is 10.1 Å². The fourth-order valence-corrected chi connectivity index (χ4v) is 2.51. The van der Waals surface area contributed by atoms with E-state index in [0.29, 0.717) is 13.2 Å². The molecule has 4 heteroatoms. The molecule has 0 bridgehead atoms. The van der Waals surface area contributed by atoms with E-state index in [1.807, 2.05) is 12.1 Å². The normalized spacial score (nSPS) is 12.9. The number of hydrogen-bond acceptors (Lipinski definition) is 2. The van der Waals surface area contributed by atoms with Crippen LogP contribution in [0.4, 0.5) is 10.1 Å². The van der Waals surface area contributed by atoms with E-state index in [1.165, 1.54) is 12.1 Å². The maximum atomic E-state index is 12.8. The molecule has 0 radical (unpaired) electrons. The molecule has 3 rings (SSSR count). The van der Waals surface area contributed by atoms with Crippen LogP contribution in [0.5, 0.6) is 5.75 Å². The maximum Gasteiger partial charge on any atom is 0.127 e. The largest absolute Gasteiger partial charge is 0.493 e. The molecule has 0 fully saturated rings. The zero-order valence-electron chi connectivity index (χ0n) is 10.2. The number of nitrogens with one attached hydrogen (secondary N) is 1. The maximum absolute atomic E-state index is 12.8. The highest BCUT2D eigenvalue weighted by atomic mass is 35.5. The second-order valence-electron chi connectivity index (χ2n) is 4.51. The fourth-order valence-electron chi connectivity index (χ4n) is 2.24. The van der Waals surface area contributed by atoms with E-state index in [2.05, 4.69) is 5.32 Å². The van der Waals surface area contributed by atoms with E-state index in [0.717, 1.165) is 34.0 Å². The summed E-state index contributed by atoms with van der Waals surface area (Å²) < 4.78 is 18.5. The van der Waals surface area contributed by atoms with Crippen molar-refractivity contribution < 1.29 is 9.13 Å². The lowest BCUT2D eigenvalue weighted by Crippen LogP contribution is -2.01. The Kier molecular flexibility index (Phi) is 3.30. The Morgan fingerprint density at radius 3 is 2.79 bits per heavy atom. The van der Waals surface area contributed by atoms with Crippen LogP contribution in [0.15, 0.2) is 36.4 Å². The Morgan fingerprint density at radius 1 is 1.21 bits per heavy atom. The zero-order valence-corrected chi connectivity index (χ0v) is 11.0. The van der Waals surface area contributed by atoms with Gasteiger partial charge in [0, 0.05) is 29.2 Å². The quantitative estimate of drug-likeness (QED) is 0.915. The Labute approximate surface area is 116 Å². The molecule has 0 amide bonds. The van der Waals surface area contributed by atoms with E-state index in [-0.39, 0.29) is 5.82 Å². The van der Waals surface area contributed by atoms with Gasteiger partial charge in [0.2, 0.25) is 0 Å². The van der Waals surface area contributed by atoms with Crippen LogP contribution in [-0.2, 0) is 13.0 Å². The van der Waals surface area contributed by atoms with Crippen molar-refractivity contribution in [1.29, 1.82) is 0 Å². The molecule has 1 aliphatic heterocycles. The van der Waals surface area contributed by atoms with Crippen molar-refractivity contribution >= 4 is 17.3 Å². The molecule has 0 atom stereocenters. The van der Waals surface area contributed by atoms with E-state index in [4.69, 9.17) is 16.3 Å². The molecule has 2 aromatic carbocycles. The van der Waals surface area contributed by atoms with E-state index >= 15 is 0 Å². The highest BCUT2D eigenvalue weighted by molar-refractivity contribution is 6.30. The Balaban J connectivity index is 1.78. The van der Waals surface area contributed by atoms with Crippen LogP contribution in [0.3, 0.4) is 0 Å². The number of fused-ring (bicyclic) bond motifs is 1. The van der Waals surface area contributed by atoms with E-state index < -0.39 is 0 Å². The molecule has 1 N–H and O–H groups in total. The molecular weight excluding hydrogens is 265 g/mol. The number of rotatable bonds is 3. The number of ether oxygens (including phenoxy) is 1. The summed E-state index contributed by atoms with van der Waals surface area (Å²) in [6, 6.07) is 10.1. The molecule has 2 aromatic rings. The van der Waals surface area contributed by atoms with Gasteiger partial charge >= 0.3 is 0 Å². The molecule has 0 unspecified atom stereocenters. The number of anilines is 1. The van der Waals surface area contributed by atoms with Crippen LogP contribution in [0.2, 0.25) is 5.02 Å². The van der Waals surface area contributed by atoms with Crippen LogP contribution >= 0.6 is 11.6 Å². The third kappa shape index (κ3) is 2.66. The van der Waals surface area contributed by atoms with Gasteiger partial charge in [0.15, 0.2) is 0 Å². The fraction of sp³-hybridized carbons (Fsp3) is 0.200. The van der Waals surface area contributed by atoms with Crippen molar-refractivity contribution in [1.82, 2.24) is 0 Å². The first kappa shape index (κ1) is 12.3. The first-order chi connectivity index (χ1) is 9.22. The van der Waals surface area contributed by atoms with Gasteiger partial charge in [0.1, 0.15) is 11.6 Å². The molecule has 0 spiro atoms. The standard InChI is InChI=1S/C15H13ClFNO/c16-12-7-10-5-6-19-15(10)11(8-12)9-18-14-3-1-13(17)2-4-14/h1-4,7-8,18H,5-6,9H2.